The van der Waals surface area contributed by atoms with Crippen LogP contribution in [0.1, 0.15) is 36.0 Å². The number of rotatable bonds is 2. The van der Waals surface area contributed by atoms with Crippen molar-refractivity contribution in [2.45, 2.75) is 37.8 Å². The number of aromatic hydroxyl groups is 1. The molecule has 0 radical (unpaired) electrons. The van der Waals surface area contributed by atoms with E-state index < -0.39 is 0 Å². The number of nitrogens with two attached hydrogens (primary N) is 1. The lowest BCUT2D eigenvalue weighted by molar-refractivity contribution is 0.0921. The Morgan fingerprint density at radius 2 is 2.11 bits per heavy atom. The van der Waals surface area contributed by atoms with Crippen LogP contribution in [0.2, 0.25) is 5.02 Å². The predicted octanol–water partition coefficient (Wildman–Crippen LogP) is 2.05. The van der Waals surface area contributed by atoms with Crippen LogP contribution >= 0.6 is 11.6 Å². The van der Waals surface area contributed by atoms with Crippen molar-refractivity contribution >= 4 is 17.5 Å². The van der Waals surface area contributed by atoms with Gasteiger partial charge in [0, 0.05) is 12.1 Å². The summed E-state index contributed by atoms with van der Waals surface area (Å²) in [6.07, 6.45) is 4.01. The Hall–Kier alpha value is -1.26. The number of hydrogen-bond acceptors (Lipinski definition) is 3. The first-order valence-electron chi connectivity index (χ1n) is 6.13. The van der Waals surface area contributed by atoms with Gasteiger partial charge in [0.1, 0.15) is 5.75 Å². The molecule has 1 aromatic carbocycles. The standard InChI is InChI=1S/C13H17ClN2O2/c14-10-6-5-8(17)7-9(10)13(18)16-12-4-2-1-3-11(12)15/h5-7,11-12,17H,1-4,15H2,(H,16,18). The lowest BCUT2D eigenvalue weighted by Gasteiger charge is -2.29. The van der Waals surface area contributed by atoms with Gasteiger partial charge in [0.25, 0.3) is 5.91 Å². The van der Waals surface area contributed by atoms with Gasteiger partial charge in [-0.25, -0.2) is 0 Å². The summed E-state index contributed by atoms with van der Waals surface area (Å²) in [5, 5.41) is 12.6. The van der Waals surface area contributed by atoms with E-state index in [2.05, 4.69) is 5.32 Å². The summed E-state index contributed by atoms with van der Waals surface area (Å²) in [7, 11) is 0. The molecule has 98 valence electrons. The normalized spacial score (nSPS) is 23.7. The van der Waals surface area contributed by atoms with Crippen LogP contribution in [0.3, 0.4) is 0 Å². The van der Waals surface area contributed by atoms with Gasteiger partial charge >= 0.3 is 0 Å². The van der Waals surface area contributed by atoms with E-state index in [1.165, 1.54) is 18.2 Å². The molecule has 1 aliphatic carbocycles. The second-order valence-corrected chi connectivity index (χ2v) is 5.10. The van der Waals surface area contributed by atoms with E-state index in [9.17, 15) is 9.90 Å². The first kappa shape index (κ1) is 13.2. The molecule has 2 rings (SSSR count). The lowest BCUT2D eigenvalue weighted by Crippen LogP contribution is -2.49. The Balaban J connectivity index is 2.09. The maximum Gasteiger partial charge on any atom is 0.253 e. The number of nitrogens with one attached hydrogen (secondary N) is 1. The van der Waals surface area contributed by atoms with Crippen molar-refractivity contribution in [3.05, 3.63) is 28.8 Å². The molecule has 1 saturated carbocycles. The van der Waals surface area contributed by atoms with Gasteiger partial charge in [-0.15, -0.1) is 0 Å². The third kappa shape index (κ3) is 2.94. The first-order chi connectivity index (χ1) is 8.58. The van der Waals surface area contributed by atoms with Crippen LogP contribution < -0.4 is 11.1 Å². The van der Waals surface area contributed by atoms with E-state index in [4.69, 9.17) is 17.3 Å². The van der Waals surface area contributed by atoms with Crippen LogP contribution in [-0.4, -0.2) is 23.1 Å². The Bertz CT molecular complexity index is 451. The molecule has 1 aromatic rings. The number of phenols is 1. The number of hydrogen-bond donors (Lipinski definition) is 3. The lowest BCUT2D eigenvalue weighted by atomic mass is 9.91. The fourth-order valence-electron chi connectivity index (χ4n) is 2.27. The summed E-state index contributed by atoms with van der Waals surface area (Å²) in [5.74, 6) is -0.254. The zero-order chi connectivity index (χ0) is 13.1. The van der Waals surface area contributed by atoms with Crippen LogP contribution in [0.5, 0.6) is 5.75 Å². The minimum atomic E-state index is -0.279. The van der Waals surface area contributed by atoms with Crippen molar-refractivity contribution in [1.29, 1.82) is 0 Å². The number of benzene rings is 1. The van der Waals surface area contributed by atoms with E-state index in [0.717, 1.165) is 25.7 Å². The molecule has 4 N–H and O–H groups in total. The van der Waals surface area contributed by atoms with Gasteiger partial charge in [0.2, 0.25) is 0 Å². The molecule has 4 nitrogen and oxygen atoms in total. The SMILES string of the molecule is NC1CCCCC1NC(=O)c1cc(O)ccc1Cl. The monoisotopic (exact) mass is 268 g/mol. The summed E-state index contributed by atoms with van der Waals surface area (Å²) in [5.41, 5.74) is 6.26. The topological polar surface area (TPSA) is 75.3 Å². The Kier molecular flexibility index (Phi) is 4.09. The molecule has 0 spiro atoms. The summed E-state index contributed by atoms with van der Waals surface area (Å²) in [6.45, 7) is 0. The molecule has 1 amide bonds. The molecule has 18 heavy (non-hydrogen) atoms. The van der Waals surface area contributed by atoms with Gasteiger partial charge in [0.05, 0.1) is 10.6 Å². The maximum absolute atomic E-state index is 12.1. The van der Waals surface area contributed by atoms with Crippen LogP contribution in [0, 0.1) is 0 Å². The van der Waals surface area contributed by atoms with E-state index in [1.54, 1.807) is 0 Å². The number of halogens is 1. The Labute approximate surface area is 111 Å². The second kappa shape index (κ2) is 5.59. The van der Waals surface area contributed by atoms with Crippen LogP contribution in [0.4, 0.5) is 0 Å². The zero-order valence-corrected chi connectivity index (χ0v) is 10.8. The molecule has 1 fully saturated rings. The minimum absolute atomic E-state index is 0.00113. The number of carbonyl (C=O) groups is 1. The molecule has 0 aromatic heterocycles. The average Bonchev–Trinajstić information content (AvgIpc) is 2.35. The van der Waals surface area contributed by atoms with Crippen LogP contribution in [-0.2, 0) is 0 Å². The highest BCUT2D eigenvalue weighted by atomic mass is 35.5. The van der Waals surface area contributed by atoms with Gasteiger partial charge in [-0.2, -0.15) is 0 Å². The van der Waals surface area contributed by atoms with Crippen molar-refractivity contribution < 1.29 is 9.90 Å². The largest absolute Gasteiger partial charge is 0.508 e. The van der Waals surface area contributed by atoms with Gasteiger partial charge < -0.3 is 16.2 Å². The molecule has 2 atom stereocenters. The van der Waals surface area contributed by atoms with Gasteiger partial charge in [-0.3, -0.25) is 4.79 Å². The number of amides is 1. The van der Waals surface area contributed by atoms with Crippen LogP contribution in [0.25, 0.3) is 0 Å². The highest BCUT2D eigenvalue weighted by molar-refractivity contribution is 6.33. The summed E-state index contributed by atoms with van der Waals surface area (Å²) in [4.78, 5) is 12.1. The van der Waals surface area contributed by atoms with Crippen molar-refractivity contribution in [2.75, 3.05) is 0 Å². The summed E-state index contributed by atoms with van der Waals surface area (Å²) < 4.78 is 0. The molecule has 0 heterocycles. The zero-order valence-electron chi connectivity index (χ0n) is 10.0. The third-order valence-electron chi connectivity index (χ3n) is 3.33. The van der Waals surface area contributed by atoms with Gasteiger partial charge in [-0.1, -0.05) is 24.4 Å². The van der Waals surface area contributed by atoms with E-state index >= 15 is 0 Å². The predicted molar refractivity (Wildman–Crippen MR) is 70.8 cm³/mol. The fourth-order valence-corrected chi connectivity index (χ4v) is 2.48. The van der Waals surface area contributed by atoms with Crippen molar-refractivity contribution in [3.8, 4) is 5.75 Å². The van der Waals surface area contributed by atoms with E-state index in [-0.39, 0.29) is 29.3 Å². The minimum Gasteiger partial charge on any atom is -0.508 e. The van der Waals surface area contributed by atoms with Crippen LogP contribution in [0.15, 0.2) is 18.2 Å². The van der Waals surface area contributed by atoms with Crippen molar-refractivity contribution in [3.63, 3.8) is 0 Å². The molecule has 2 unspecified atom stereocenters. The second-order valence-electron chi connectivity index (χ2n) is 4.69. The van der Waals surface area contributed by atoms with Crippen molar-refractivity contribution in [2.24, 2.45) is 5.73 Å². The molecule has 1 aliphatic rings. The highest BCUT2D eigenvalue weighted by Gasteiger charge is 2.24. The molecule has 0 saturated heterocycles. The fraction of sp³-hybridized carbons (Fsp3) is 0.462. The molecule has 5 heteroatoms. The number of phenolic OH excluding ortho intramolecular Hbond substituents is 1. The molecule has 0 bridgehead atoms. The van der Waals surface area contributed by atoms with E-state index in [1.807, 2.05) is 0 Å². The van der Waals surface area contributed by atoms with Gasteiger partial charge in [-0.05, 0) is 31.0 Å². The summed E-state index contributed by atoms with van der Waals surface area (Å²) in [6, 6.07) is 4.31. The van der Waals surface area contributed by atoms with E-state index in [0.29, 0.717) is 5.02 Å². The smallest absolute Gasteiger partial charge is 0.253 e. The quantitative estimate of drug-likeness (QED) is 0.768. The molecular formula is C13H17ClN2O2. The molecule has 0 aliphatic heterocycles. The Morgan fingerprint density at radius 3 is 2.83 bits per heavy atom. The number of carbonyl (C=O) groups excluding carboxylic acids is 1. The van der Waals surface area contributed by atoms with Crippen molar-refractivity contribution in [1.82, 2.24) is 5.32 Å². The maximum atomic E-state index is 12.1. The first-order valence-corrected chi connectivity index (χ1v) is 6.50. The third-order valence-corrected chi connectivity index (χ3v) is 3.66. The average molecular weight is 269 g/mol. The van der Waals surface area contributed by atoms with Gasteiger partial charge in [0.15, 0.2) is 0 Å². The summed E-state index contributed by atoms with van der Waals surface area (Å²) >= 11 is 5.94. The molecular weight excluding hydrogens is 252 g/mol. The highest BCUT2D eigenvalue weighted by Crippen LogP contribution is 2.22. The Morgan fingerprint density at radius 1 is 1.39 bits per heavy atom.